The third-order valence-electron chi connectivity index (χ3n) is 3.66. The molecule has 1 saturated heterocycles. The van der Waals surface area contributed by atoms with Crippen molar-refractivity contribution in [1.82, 2.24) is 10.2 Å². The lowest BCUT2D eigenvalue weighted by Gasteiger charge is -2.25. The predicted molar refractivity (Wildman–Crippen MR) is 67.1 cm³/mol. The van der Waals surface area contributed by atoms with Crippen molar-refractivity contribution in [3.8, 4) is 0 Å². The zero-order valence-corrected chi connectivity index (χ0v) is 11.1. The van der Waals surface area contributed by atoms with Gasteiger partial charge in [-0.3, -0.25) is 10.1 Å². The Balaban J connectivity index is 1.93. The van der Waals surface area contributed by atoms with E-state index in [-0.39, 0.29) is 0 Å². The number of alkyl halides is 3. The van der Waals surface area contributed by atoms with Crippen molar-refractivity contribution in [3.05, 3.63) is 34.9 Å². The van der Waals surface area contributed by atoms with Crippen LogP contribution in [0.1, 0.15) is 24.6 Å². The highest BCUT2D eigenvalue weighted by Gasteiger charge is 2.60. The number of halogens is 4. The summed E-state index contributed by atoms with van der Waals surface area (Å²) in [5.74, 6) is -0.472. The smallest absolute Gasteiger partial charge is 0.312 e. The fourth-order valence-corrected chi connectivity index (χ4v) is 2.77. The van der Waals surface area contributed by atoms with Gasteiger partial charge in [-0.05, 0) is 30.5 Å². The van der Waals surface area contributed by atoms with Crippen molar-refractivity contribution in [2.75, 3.05) is 6.54 Å². The summed E-state index contributed by atoms with van der Waals surface area (Å²) in [5.41, 5.74) is -0.225. The third kappa shape index (κ3) is 2.38. The number of rotatable bonds is 2. The highest BCUT2D eigenvalue weighted by Crippen LogP contribution is 2.46. The van der Waals surface area contributed by atoms with Crippen LogP contribution in [-0.4, -0.2) is 29.1 Å². The molecule has 108 valence electrons. The molecule has 1 unspecified atom stereocenters. The summed E-state index contributed by atoms with van der Waals surface area (Å²) in [7, 11) is 0. The maximum atomic E-state index is 12.7. The topological polar surface area (TPSA) is 32.3 Å². The SMILES string of the molecule is O=C1N(CC(F)(F)F)C(c2cccc(Cl)c2)NC12CC2. The second-order valence-electron chi connectivity index (χ2n) is 5.23. The van der Waals surface area contributed by atoms with Gasteiger partial charge in [-0.15, -0.1) is 0 Å². The standard InChI is InChI=1S/C13H12ClF3N2O/c14-9-3-1-2-8(6-9)10-18-12(4-5-12)11(20)19(10)7-13(15,16)17/h1-3,6,10,18H,4-5,7H2. The van der Waals surface area contributed by atoms with Gasteiger partial charge in [0.15, 0.2) is 0 Å². The van der Waals surface area contributed by atoms with Gasteiger partial charge in [-0.2, -0.15) is 13.2 Å². The molecule has 2 aliphatic rings. The van der Waals surface area contributed by atoms with Crippen LogP contribution in [0.3, 0.4) is 0 Å². The molecule has 0 bridgehead atoms. The van der Waals surface area contributed by atoms with Gasteiger partial charge in [0, 0.05) is 5.02 Å². The van der Waals surface area contributed by atoms with Crippen LogP contribution in [0.2, 0.25) is 5.02 Å². The van der Waals surface area contributed by atoms with Gasteiger partial charge in [0.25, 0.3) is 0 Å². The maximum Gasteiger partial charge on any atom is 0.406 e. The lowest BCUT2D eigenvalue weighted by molar-refractivity contribution is -0.162. The number of amides is 1. The molecule has 20 heavy (non-hydrogen) atoms. The van der Waals surface area contributed by atoms with E-state index in [1.54, 1.807) is 24.3 Å². The minimum Gasteiger partial charge on any atom is -0.312 e. The second-order valence-corrected chi connectivity index (χ2v) is 5.67. The number of nitrogens with one attached hydrogen (secondary N) is 1. The Morgan fingerprint density at radius 2 is 2.10 bits per heavy atom. The van der Waals surface area contributed by atoms with Crippen molar-refractivity contribution in [2.45, 2.75) is 30.7 Å². The Morgan fingerprint density at radius 3 is 2.65 bits per heavy atom. The van der Waals surface area contributed by atoms with E-state index in [4.69, 9.17) is 11.6 Å². The molecule has 1 N–H and O–H groups in total. The fraction of sp³-hybridized carbons (Fsp3) is 0.462. The van der Waals surface area contributed by atoms with E-state index >= 15 is 0 Å². The normalized spacial score (nSPS) is 24.5. The van der Waals surface area contributed by atoms with Crippen LogP contribution in [0.5, 0.6) is 0 Å². The minimum atomic E-state index is -4.42. The van der Waals surface area contributed by atoms with Crippen molar-refractivity contribution < 1.29 is 18.0 Å². The molecule has 1 aromatic carbocycles. The van der Waals surface area contributed by atoms with E-state index in [1.807, 2.05) is 0 Å². The summed E-state index contributed by atoms with van der Waals surface area (Å²) in [6.45, 7) is -1.25. The molecule has 3 nitrogen and oxygen atoms in total. The van der Waals surface area contributed by atoms with Crippen molar-refractivity contribution in [2.24, 2.45) is 0 Å². The Hall–Kier alpha value is -1.27. The van der Waals surface area contributed by atoms with E-state index in [1.165, 1.54) is 0 Å². The Morgan fingerprint density at radius 1 is 1.40 bits per heavy atom. The minimum absolute atomic E-state index is 0.431. The van der Waals surface area contributed by atoms with Crippen LogP contribution in [0, 0.1) is 0 Å². The van der Waals surface area contributed by atoms with Crippen LogP contribution in [-0.2, 0) is 4.79 Å². The highest BCUT2D eigenvalue weighted by atomic mass is 35.5. The quantitative estimate of drug-likeness (QED) is 0.911. The summed E-state index contributed by atoms with van der Waals surface area (Å²) in [4.78, 5) is 13.0. The third-order valence-corrected chi connectivity index (χ3v) is 3.89. The van der Waals surface area contributed by atoms with E-state index in [0.29, 0.717) is 23.4 Å². The largest absolute Gasteiger partial charge is 0.406 e. The first kappa shape index (κ1) is 13.7. The van der Waals surface area contributed by atoms with E-state index in [0.717, 1.165) is 4.90 Å². The molecule has 0 aromatic heterocycles. The highest BCUT2D eigenvalue weighted by molar-refractivity contribution is 6.30. The summed E-state index contributed by atoms with van der Waals surface area (Å²) < 4.78 is 38.0. The summed E-state index contributed by atoms with van der Waals surface area (Å²) in [6.07, 6.45) is -4.03. The van der Waals surface area contributed by atoms with Crippen LogP contribution < -0.4 is 5.32 Å². The van der Waals surface area contributed by atoms with Crippen LogP contribution >= 0.6 is 11.6 Å². The summed E-state index contributed by atoms with van der Waals surface area (Å²) in [5, 5.41) is 3.46. The molecular formula is C13H12ClF3N2O. The Labute approximate surface area is 118 Å². The lowest BCUT2D eigenvalue weighted by Crippen LogP contribution is -2.39. The first-order valence-electron chi connectivity index (χ1n) is 6.22. The van der Waals surface area contributed by atoms with E-state index in [9.17, 15) is 18.0 Å². The summed E-state index contributed by atoms with van der Waals surface area (Å²) >= 11 is 5.87. The molecule has 1 atom stereocenters. The predicted octanol–water partition coefficient (Wildman–Crippen LogP) is 2.87. The number of carbonyl (C=O) groups excluding carboxylic acids is 1. The molecule has 2 fully saturated rings. The average molecular weight is 305 g/mol. The monoisotopic (exact) mass is 304 g/mol. The van der Waals surface area contributed by atoms with Crippen LogP contribution in [0.4, 0.5) is 13.2 Å². The van der Waals surface area contributed by atoms with Gasteiger partial charge in [-0.1, -0.05) is 23.7 Å². The fourth-order valence-electron chi connectivity index (χ4n) is 2.57. The zero-order valence-electron chi connectivity index (χ0n) is 10.4. The van der Waals surface area contributed by atoms with Gasteiger partial charge in [0.05, 0.1) is 0 Å². The molecule has 1 aliphatic heterocycles. The number of benzene rings is 1. The maximum absolute atomic E-state index is 12.7. The van der Waals surface area contributed by atoms with Crippen LogP contribution in [0.25, 0.3) is 0 Å². The summed E-state index contributed by atoms with van der Waals surface area (Å²) in [6, 6.07) is 6.55. The van der Waals surface area contributed by atoms with E-state index < -0.39 is 30.3 Å². The molecular weight excluding hydrogens is 293 g/mol. The molecule has 1 aliphatic carbocycles. The Bertz CT molecular complexity index is 557. The number of carbonyl (C=O) groups is 1. The van der Waals surface area contributed by atoms with Crippen molar-refractivity contribution in [1.29, 1.82) is 0 Å². The first-order valence-corrected chi connectivity index (χ1v) is 6.60. The van der Waals surface area contributed by atoms with Gasteiger partial charge in [-0.25, -0.2) is 0 Å². The Kier molecular flexibility index (Phi) is 2.99. The molecule has 1 aromatic rings. The van der Waals surface area contributed by atoms with Crippen molar-refractivity contribution in [3.63, 3.8) is 0 Å². The molecule has 1 spiro atoms. The number of hydrogen-bond acceptors (Lipinski definition) is 2. The number of nitrogens with zero attached hydrogens (tertiary/aromatic N) is 1. The molecule has 1 amide bonds. The lowest BCUT2D eigenvalue weighted by atomic mass is 10.1. The molecule has 0 radical (unpaired) electrons. The molecule has 1 heterocycles. The number of hydrogen-bond donors (Lipinski definition) is 1. The van der Waals surface area contributed by atoms with Crippen LogP contribution in [0.15, 0.2) is 24.3 Å². The van der Waals surface area contributed by atoms with Crippen molar-refractivity contribution >= 4 is 17.5 Å². The van der Waals surface area contributed by atoms with E-state index in [2.05, 4.69) is 5.32 Å². The van der Waals surface area contributed by atoms with Gasteiger partial charge >= 0.3 is 6.18 Å². The second kappa shape index (κ2) is 4.36. The van der Waals surface area contributed by atoms with Gasteiger partial charge in [0.1, 0.15) is 18.2 Å². The average Bonchev–Trinajstić information content (AvgIpc) is 3.07. The zero-order chi connectivity index (χ0) is 14.5. The molecule has 7 heteroatoms. The molecule has 3 rings (SSSR count). The van der Waals surface area contributed by atoms with Gasteiger partial charge in [0.2, 0.25) is 5.91 Å². The van der Waals surface area contributed by atoms with Gasteiger partial charge < -0.3 is 4.90 Å². The molecule has 1 saturated carbocycles. The first-order chi connectivity index (χ1) is 9.31.